The first-order chi connectivity index (χ1) is 15.3. The average Bonchev–Trinajstić information content (AvgIpc) is 3.40. The minimum Gasteiger partial charge on any atom is -0.356 e. The molecule has 5 rings (SSSR count). The van der Waals surface area contributed by atoms with E-state index in [1.165, 1.54) is 25.6 Å². The molecule has 160 valence electrons. The summed E-state index contributed by atoms with van der Waals surface area (Å²) in [7, 11) is 0. The Morgan fingerprint density at radius 1 is 0.839 bits per heavy atom. The minimum absolute atomic E-state index is 0.0197. The Kier molecular flexibility index (Phi) is 5.42. The van der Waals surface area contributed by atoms with Crippen LogP contribution in [0.3, 0.4) is 0 Å². The van der Waals surface area contributed by atoms with Crippen LogP contribution in [0.15, 0.2) is 43.0 Å². The molecule has 1 amide bonds. The zero-order valence-electron chi connectivity index (χ0n) is 17.3. The van der Waals surface area contributed by atoms with Crippen LogP contribution in [0.5, 0.6) is 0 Å². The van der Waals surface area contributed by atoms with Crippen LogP contribution in [0.4, 0.5) is 11.6 Å². The van der Waals surface area contributed by atoms with E-state index in [9.17, 15) is 4.79 Å². The number of amides is 1. The molecule has 2 aliphatic heterocycles. The standard InChI is InChI=1S/C21H25N9O/c31-21(17-5-4-6-18(13-17)30-16-24-25-26-30)29-11-9-28(10-12-29)20-14-19(22-15-23-20)27-7-2-1-3-8-27/h4-6,13-16H,1-3,7-12H2. The number of carbonyl (C=O) groups excluding carboxylic acids is 1. The number of piperidine rings is 1. The van der Waals surface area contributed by atoms with E-state index in [1.807, 2.05) is 29.2 Å². The molecule has 0 unspecified atom stereocenters. The number of hydrogen-bond acceptors (Lipinski definition) is 8. The minimum atomic E-state index is 0.0197. The topological polar surface area (TPSA) is 96.2 Å². The average molecular weight is 419 g/mol. The fourth-order valence-electron chi connectivity index (χ4n) is 4.19. The maximum absolute atomic E-state index is 13.0. The number of piperazine rings is 1. The quantitative estimate of drug-likeness (QED) is 0.626. The summed E-state index contributed by atoms with van der Waals surface area (Å²) in [4.78, 5) is 28.5. The van der Waals surface area contributed by atoms with Gasteiger partial charge in [-0.3, -0.25) is 4.79 Å². The van der Waals surface area contributed by atoms with Crippen LogP contribution in [-0.4, -0.2) is 80.3 Å². The monoisotopic (exact) mass is 419 g/mol. The Morgan fingerprint density at radius 3 is 2.29 bits per heavy atom. The van der Waals surface area contributed by atoms with Gasteiger partial charge in [0.1, 0.15) is 24.3 Å². The number of rotatable bonds is 4. The van der Waals surface area contributed by atoms with E-state index < -0.39 is 0 Å². The van der Waals surface area contributed by atoms with Crippen molar-refractivity contribution in [2.75, 3.05) is 49.1 Å². The summed E-state index contributed by atoms with van der Waals surface area (Å²) in [5.41, 5.74) is 1.40. The summed E-state index contributed by atoms with van der Waals surface area (Å²) >= 11 is 0. The fourth-order valence-corrected chi connectivity index (χ4v) is 4.19. The third-order valence-electron chi connectivity index (χ3n) is 5.92. The highest BCUT2D eigenvalue weighted by Crippen LogP contribution is 2.22. The molecule has 0 spiro atoms. The lowest BCUT2D eigenvalue weighted by molar-refractivity contribution is 0.0746. The smallest absolute Gasteiger partial charge is 0.254 e. The maximum atomic E-state index is 13.0. The van der Waals surface area contributed by atoms with E-state index >= 15 is 0 Å². The van der Waals surface area contributed by atoms with Crippen molar-refractivity contribution in [3.05, 3.63) is 48.5 Å². The normalized spacial score (nSPS) is 17.1. The third kappa shape index (κ3) is 4.18. The molecule has 10 heteroatoms. The summed E-state index contributed by atoms with van der Waals surface area (Å²) < 4.78 is 1.55. The van der Waals surface area contributed by atoms with Gasteiger partial charge in [-0.2, -0.15) is 0 Å². The fraction of sp³-hybridized carbons (Fsp3) is 0.429. The van der Waals surface area contributed by atoms with Crippen molar-refractivity contribution in [1.82, 2.24) is 35.1 Å². The third-order valence-corrected chi connectivity index (χ3v) is 5.92. The van der Waals surface area contributed by atoms with Crippen LogP contribution < -0.4 is 9.80 Å². The lowest BCUT2D eigenvalue weighted by atomic mass is 10.1. The van der Waals surface area contributed by atoms with Gasteiger partial charge in [0.05, 0.1) is 5.69 Å². The van der Waals surface area contributed by atoms with E-state index in [2.05, 4.69) is 41.4 Å². The van der Waals surface area contributed by atoms with Crippen LogP contribution in [0.1, 0.15) is 29.6 Å². The number of hydrogen-bond donors (Lipinski definition) is 0. The van der Waals surface area contributed by atoms with Crippen molar-refractivity contribution in [2.24, 2.45) is 0 Å². The summed E-state index contributed by atoms with van der Waals surface area (Å²) in [5, 5.41) is 11.2. The Bertz CT molecular complexity index is 1020. The van der Waals surface area contributed by atoms with Gasteiger partial charge < -0.3 is 14.7 Å². The van der Waals surface area contributed by atoms with Gasteiger partial charge >= 0.3 is 0 Å². The lowest BCUT2D eigenvalue weighted by Gasteiger charge is -2.36. The Balaban J connectivity index is 1.24. The molecule has 0 aliphatic carbocycles. The first-order valence-electron chi connectivity index (χ1n) is 10.7. The predicted molar refractivity (Wildman–Crippen MR) is 115 cm³/mol. The molecule has 0 atom stereocenters. The number of tetrazole rings is 1. The van der Waals surface area contributed by atoms with Crippen LogP contribution in [0.25, 0.3) is 5.69 Å². The Morgan fingerprint density at radius 2 is 1.58 bits per heavy atom. The number of carbonyl (C=O) groups is 1. The van der Waals surface area contributed by atoms with Gasteiger partial charge in [-0.1, -0.05) is 6.07 Å². The van der Waals surface area contributed by atoms with Gasteiger partial charge in [0, 0.05) is 50.9 Å². The number of aromatic nitrogens is 6. The van der Waals surface area contributed by atoms with E-state index in [-0.39, 0.29) is 5.91 Å². The molecular weight excluding hydrogens is 394 g/mol. The highest BCUT2D eigenvalue weighted by molar-refractivity contribution is 5.95. The van der Waals surface area contributed by atoms with Crippen molar-refractivity contribution < 1.29 is 4.79 Å². The molecular formula is C21H25N9O. The summed E-state index contributed by atoms with van der Waals surface area (Å²) in [6.45, 7) is 4.91. The summed E-state index contributed by atoms with van der Waals surface area (Å²) in [6.07, 6.45) is 6.90. The molecule has 2 aliphatic rings. The SMILES string of the molecule is O=C(c1cccc(-n2cnnn2)c1)N1CCN(c2cc(N3CCCCC3)ncn2)CC1. The summed E-state index contributed by atoms with van der Waals surface area (Å²) in [5.74, 6) is 1.96. The molecule has 2 fully saturated rings. The van der Waals surface area contributed by atoms with Gasteiger partial charge in [-0.05, 0) is 47.9 Å². The van der Waals surface area contributed by atoms with Crippen molar-refractivity contribution >= 4 is 17.5 Å². The largest absolute Gasteiger partial charge is 0.356 e. The second-order valence-corrected chi connectivity index (χ2v) is 7.87. The van der Waals surface area contributed by atoms with Crippen LogP contribution >= 0.6 is 0 Å². The van der Waals surface area contributed by atoms with Gasteiger partial charge in [-0.15, -0.1) is 5.10 Å². The molecule has 2 saturated heterocycles. The van der Waals surface area contributed by atoms with E-state index in [4.69, 9.17) is 0 Å². The molecule has 2 aromatic heterocycles. The zero-order chi connectivity index (χ0) is 21.0. The molecule has 3 aromatic rings. The first kappa shape index (κ1) is 19.4. The van der Waals surface area contributed by atoms with Crippen molar-refractivity contribution in [2.45, 2.75) is 19.3 Å². The predicted octanol–water partition coefficient (Wildman–Crippen LogP) is 1.40. The molecule has 31 heavy (non-hydrogen) atoms. The molecule has 0 saturated carbocycles. The zero-order valence-corrected chi connectivity index (χ0v) is 17.3. The lowest BCUT2D eigenvalue weighted by Crippen LogP contribution is -2.49. The Hall–Kier alpha value is -3.56. The molecule has 0 bridgehead atoms. The second-order valence-electron chi connectivity index (χ2n) is 7.87. The maximum Gasteiger partial charge on any atom is 0.254 e. The summed E-state index contributed by atoms with van der Waals surface area (Å²) in [6, 6.07) is 9.46. The first-order valence-corrected chi connectivity index (χ1v) is 10.7. The van der Waals surface area contributed by atoms with Crippen molar-refractivity contribution in [3.63, 3.8) is 0 Å². The number of benzene rings is 1. The molecule has 0 radical (unpaired) electrons. The highest BCUT2D eigenvalue weighted by Gasteiger charge is 2.24. The Labute approximate surface area is 180 Å². The molecule has 4 heterocycles. The molecule has 10 nitrogen and oxygen atoms in total. The number of anilines is 2. The highest BCUT2D eigenvalue weighted by atomic mass is 16.2. The van der Waals surface area contributed by atoms with Gasteiger partial charge in [0.2, 0.25) is 0 Å². The molecule has 0 N–H and O–H groups in total. The van der Waals surface area contributed by atoms with Crippen LogP contribution in [0.2, 0.25) is 0 Å². The van der Waals surface area contributed by atoms with E-state index in [0.29, 0.717) is 18.7 Å². The van der Waals surface area contributed by atoms with E-state index in [0.717, 1.165) is 43.5 Å². The van der Waals surface area contributed by atoms with Crippen LogP contribution in [0, 0.1) is 0 Å². The van der Waals surface area contributed by atoms with Crippen molar-refractivity contribution in [3.8, 4) is 5.69 Å². The van der Waals surface area contributed by atoms with Gasteiger partial charge in [0.15, 0.2) is 0 Å². The van der Waals surface area contributed by atoms with Gasteiger partial charge in [-0.25, -0.2) is 14.6 Å². The van der Waals surface area contributed by atoms with Crippen molar-refractivity contribution in [1.29, 1.82) is 0 Å². The van der Waals surface area contributed by atoms with E-state index in [1.54, 1.807) is 11.0 Å². The number of nitrogens with zero attached hydrogens (tertiary/aromatic N) is 9. The molecule has 1 aromatic carbocycles. The van der Waals surface area contributed by atoms with Gasteiger partial charge in [0.25, 0.3) is 5.91 Å². The van der Waals surface area contributed by atoms with Crippen LogP contribution in [-0.2, 0) is 0 Å². The second kappa shape index (κ2) is 8.66.